The Kier molecular flexibility index (Phi) is 5.32. The van der Waals surface area contributed by atoms with Crippen molar-refractivity contribution in [1.29, 1.82) is 0 Å². The van der Waals surface area contributed by atoms with Crippen LogP contribution in [0.25, 0.3) is 0 Å². The first-order chi connectivity index (χ1) is 8.86. The number of rotatable bonds is 6. The van der Waals surface area contributed by atoms with E-state index in [1.54, 1.807) is 0 Å². The van der Waals surface area contributed by atoms with Gasteiger partial charge in [0.15, 0.2) is 5.84 Å². The highest BCUT2D eigenvalue weighted by Crippen LogP contribution is 2.09. The lowest BCUT2D eigenvalue weighted by Crippen LogP contribution is -2.46. The Labute approximate surface area is 115 Å². The molecular weight excluding hydrogens is 240 g/mol. The molecule has 0 spiro atoms. The number of nitrogens with zero attached hydrogens (tertiary/aromatic N) is 2. The smallest absolute Gasteiger partial charge is 0.170 e. The van der Waals surface area contributed by atoms with Gasteiger partial charge in [0.05, 0.1) is 0 Å². The van der Waals surface area contributed by atoms with Crippen molar-refractivity contribution in [3.8, 4) is 0 Å². The Morgan fingerprint density at radius 1 is 1.32 bits per heavy atom. The van der Waals surface area contributed by atoms with Crippen LogP contribution in [0.1, 0.15) is 25.0 Å². The Bertz CT molecular complexity index is 424. The molecule has 1 rings (SSSR count). The van der Waals surface area contributed by atoms with Crippen molar-refractivity contribution in [1.82, 2.24) is 10.2 Å². The SMILES string of the molecule is CN(C)C(C)(C)CNCc1ccc(C(N)=NO)cc1. The summed E-state index contributed by atoms with van der Waals surface area (Å²) in [6.45, 7) is 6.10. The van der Waals surface area contributed by atoms with Crippen molar-refractivity contribution < 1.29 is 5.21 Å². The molecule has 0 saturated heterocycles. The normalized spacial score (nSPS) is 13.0. The topological polar surface area (TPSA) is 73.9 Å². The van der Waals surface area contributed by atoms with E-state index in [1.807, 2.05) is 24.3 Å². The van der Waals surface area contributed by atoms with E-state index in [1.165, 1.54) is 5.56 Å². The molecule has 5 nitrogen and oxygen atoms in total. The van der Waals surface area contributed by atoms with Crippen LogP contribution < -0.4 is 11.1 Å². The molecule has 1 aromatic rings. The van der Waals surface area contributed by atoms with Crippen molar-refractivity contribution in [2.45, 2.75) is 25.9 Å². The Morgan fingerprint density at radius 3 is 2.37 bits per heavy atom. The van der Waals surface area contributed by atoms with Gasteiger partial charge in [0.1, 0.15) is 0 Å². The van der Waals surface area contributed by atoms with E-state index in [-0.39, 0.29) is 11.4 Å². The molecule has 0 bridgehead atoms. The molecule has 0 aliphatic rings. The second kappa shape index (κ2) is 6.54. The number of nitrogens with two attached hydrogens (primary N) is 1. The predicted octanol–water partition coefficient (Wildman–Crippen LogP) is 1.21. The van der Waals surface area contributed by atoms with Gasteiger partial charge in [0.2, 0.25) is 0 Å². The zero-order valence-corrected chi connectivity index (χ0v) is 12.1. The van der Waals surface area contributed by atoms with Crippen molar-refractivity contribution >= 4 is 5.84 Å². The average Bonchev–Trinajstić information content (AvgIpc) is 2.38. The van der Waals surface area contributed by atoms with Crippen molar-refractivity contribution in [2.75, 3.05) is 20.6 Å². The van der Waals surface area contributed by atoms with Crippen molar-refractivity contribution in [3.63, 3.8) is 0 Å². The number of nitrogens with one attached hydrogen (secondary N) is 1. The van der Waals surface area contributed by atoms with Crippen LogP contribution in [0.15, 0.2) is 29.4 Å². The van der Waals surface area contributed by atoms with Crippen molar-refractivity contribution in [2.24, 2.45) is 10.9 Å². The lowest BCUT2D eigenvalue weighted by Gasteiger charge is -2.32. The fourth-order valence-electron chi connectivity index (χ4n) is 1.52. The first kappa shape index (κ1) is 15.5. The summed E-state index contributed by atoms with van der Waals surface area (Å²) in [6.07, 6.45) is 0. The summed E-state index contributed by atoms with van der Waals surface area (Å²) in [4.78, 5) is 2.20. The molecule has 0 unspecified atom stereocenters. The summed E-state index contributed by atoms with van der Waals surface area (Å²) in [6, 6.07) is 7.65. The third kappa shape index (κ3) is 4.54. The molecule has 0 atom stereocenters. The zero-order valence-electron chi connectivity index (χ0n) is 12.1. The van der Waals surface area contributed by atoms with E-state index in [9.17, 15) is 0 Å². The molecule has 4 N–H and O–H groups in total. The fraction of sp³-hybridized carbons (Fsp3) is 0.500. The molecule has 0 saturated carbocycles. The minimum atomic E-state index is 0.119. The highest BCUT2D eigenvalue weighted by atomic mass is 16.4. The third-order valence-corrected chi connectivity index (χ3v) is 3.45. The van der Waals surface area contributed by atoms with E-state index < -0.39 is 0 Å². The lowest BCUT2D eigenvalue weighted by atomic mass is 10.0. The molecule has 106 valence electrons. The fourth-order valence-corrected chi connectivity index (χ4v) is 1.52. The maximum atomic E-state index is 8.59. The van der Waals surface area contributed by atoms with Crippen LogP contribution in [0.5, 0.6) is 0 Å². The van der Waals surface area contributed by atoms with Crippen LogP contribution in [-0.2, 0) is 6.54 Å². The molecule has 0 aliphatic heterocycles. The molecular formula is C14H24N4O. The Morgan fingerprint density at radius 2 is 1.89 bits per heavy atom. The number of amidine groups is 1. The summed E-state index contributed by atoms with van der Waals surface area (Å²) in [7, 11) is 4.15. The first-order valence-corrected chi connectivity index (χ1v) is 6.32. The lowest BCUT2D eigenvalue weighted by molar-refractivity contribution is 0.190. The van der Waals surface area contributed by atoms with Gasteiger partial charge in [-0.25, -0.2) is 0 Å². The van der Waals surface area contributed by atoms with E-state index in [0.29, 0.717) is 0 Å². The molecule has 0 aromatic heterocycles. The summed E-state index contributed by atoms with van der Waals surface area (Å²) in [5.41, 5.74) is 7.53. The molecule has 5 heteroatoms. The van der Waals surface area contributed by atoms with Gasteiger partial charge in [0, 0.05) is 24.2 Å². The van der Waals surface area contributed by atoms with E-state index in [0.717, 1.165) is 18.7 Å². The van der Waals surface area contributed by atoms with Gasteiger partial charge in [-0.3, -0.25) is 0 Å². The summed E-state index contributed by atoms with van der Waals surface area (Å²) < 4.78 is 0. The molecule has 0 fully saturated rings. The highest BCUT2D eigenvalue weighted by molar-refractivity contribution is 5.96. The second-order valence-electron chi connectivity index (χ2n) is 5.49. The van der Waals surface area contributed by atoms with Gasteiger partial charge < -0.3 is 21.2 Å². The number of hydrogen-bond donors (Lipinski definition) is 3. The molecule has 0 radical (unpaired) electrons. The van der Waals surface area contributed by atoms with E-state index >= 15 is 0 Å². The van der Waals surface area contributed by atoms with Gasteiger partial charge in [-0.15, -0.1) is 0 Å². The van der Waals surface area contributed by atoms with Crippen LogP contribution in [0, 0.1) is 0 Å². The van der Waals surface area contributed by atoms with Gasteiger partial charge in [-0.2, -0.15) is 0 Å². The van der Waals surface area contributed by atoms with E-state index in [2.05, 4.69) is 43.3 Å². The first-order valence-electron chi connectivity index (χ1n) is 6.32. The van der Waals surface area contributed by atoms with Crippen LogP contribution in [-0.4, -0.2) is 42.1 Å². The Balaban J connectivity index is 2.51. The predicted molar refractivity (Wildman–Crippen MR) is 78.4 cm³/mol. The highest BCUT2D eigenvalue weighted by Gasteiger charge is 2.19. The van der Waals surface area contributed by atoms with Crippen LogP contribution in [0.3, 0.4) is 0 Å². The molecule has 0 aliphatic carbocycles. The summed E-state index contributed by atoms with van der Waals surface area (Å²) in [5.74, 6) is 0.133. The van der Waals surface area contributed by atoms with Gasteiger partial charge in [0.25, 0.3) is 0 Å². The van der Waals surface area contributed by atoms with E-state index in [4.69, 9.17) is 10.9 Å². The quantitative estimate of drug-likeness (QED) is 0.312. The summed E-state index contributed by atoms with van der Waals surface area (Å²) in [5, 5.41) is 15.0. The van der Waals surface area contributed by atoms with Crippen molar-refractivity contribution in [3.05, 3.63) is 35.4 Å². The van der Waals surface area contributed by atoms with Crippen LogP contribution in [0.4, 0.5) is 0 Å². The zero-order chi connectivity index (χ0) is 14.5. The molecule has 19 heavy (non-hydrogen) atoms. The average molecular weight is 264 g/mol. The molecule has 0 heterocycles. The standard InChI is InChI=1S/C14H24N4O/c1-14(2,18(3)4)10-16-9-11-5-7-12(8-6-11)13(15)17-19/h5-8,16,19H,9-10H2,1-4H3,(H2,15,17). The van der Waals surface area contributed by atoms with Gasteiger partial charge >= 0.3 is 0 Å². The summed E-state index contributed by atoms with van der Waals surface area (Å²) >= 11 is 0. The number of oxime groups is 1. The minimum absolute atomic E-state index is 0.119. The molecule has 1 aromatic carbocycles. The minimum Gasteiger partial charge on any atom is -0.409 e. The monoisotopic (exact) mass is 264 g/mol. The van der Waals surface area contributed by atoms with Crippen LogP contribution in [0.2, 0.25) is 0 Å². The number of hydrogen-bond acceptors (Lipinski definition) is 4. The largest absolute Gasteiger partial charge is 0.409 e. The molecule has 0 amide bonds. The maximum absolute atomic E-state index is 8.59. The number of likely N-dealkylation sites (N-methyl/N-ethyl adjacent to an activating group) is 1. The number of benzene rings is 1. The third-order valence-electron chi connectivity index (χ3n) is 3.45. The second-order valence-corrected chi connectivity index (χ2v) is 5.49. The maximum Gasteiger partial charge on any atom is 0.170 e. The van der Waals surface area contributed by atoms with Crippen LogP contribution >= 0.6 is 0 Å². The van der Waals surface area contributed by atoms with Gasteiger partial charge in [-0.1, -0.05) is 29.4 Å². The Hall–Kier alpha value is -1.59. The van der Waals surface area contributed by atoms with Gasteiger partial charge in [-0.05, 0) is 33.5 Å².